The summed E-state index contributed by atoms with van der Waals surface area (Å²) in [5.41, 5.74) is 0.491. The Kier molecular flexibility index (Phi) is 10.3. The van der Waals surface area contributed by atoms with Crippen LogP contribution >= 0.6 is 0 Å². The van der Waals surface area contributed by atoms with E-state index in [-0.39, 0.29) is 5.54 Å². The highest BCUT2D eigenvalue weighted by Crippen LogP contribution is 2.22. The van der Waals surface area contributed by atoms with Crippen molar-refractivity contribution < 1.29 is 13.3 Å². The first-order chi connectivity index (χ1) is 10.1. The molecule has 0 bridgehead atoms. The molecule has 6 heteroatoms. The zero-order valence-corrected chi connectivity index (χ0v) is 18.5. The van der Waals surface area contributed by atoms with Crippen LogP contribution in [0.25, 0.3) is 0 Å². The van der Waals surface area contributed by atoms with Gasteiger partial charge in [0.15, 0.2) is 0 Å². The molecule has 0 rings (SSSR count). The standard InChI is InChI=1S/C16H39NO3Si2/c1-10-18-22(19-11-2,20-15(3)21(8)9)14-12-13-17(7)16(4,5)6/h15,21H,10-14H2,1-9H3. The van der Waals surface area contributed by atoms with Crippen LogP contribution in [0.15, 0.2) is 0 Å². The van der Waals surface area contributed by atoms with Gasteiger partial charge in [-0.2, -0.15) is 0 Å². The molecule has 0 aliphatic carbocycles. The first-order valence-electron chi connectivity index (χ1n) is 8.75. The molecule has 0 aromatic rings. The van der Waals surface area contributed by atoms with Crippen LogP contribution in [0, 0.1) is 0 Å². The van der Waals surface area contributed by atoms with Gasteiger partial charge in [-0.05, 0) is 61.6 Å². The van der Waals surface area contributed by atoms with E-state index in [0.29, 0.717) is 18.9 Å². The van der Waals surface area contributed by atoms with Crippen LogP contribution in [0.3, 0.4) is 0 Å². The van der Waals surface area contributed by atoms with Crippen molar-refractivity contribution in [3.05, 3.63) is 0 Å². The van der Waals surface area contributed by atoms with Gasteiger partial charge in [-0.3, -0.25) is 0 Å². The highest BCUT2D eigenvalue weighted by molar-refractivity contribution is 6.63. The van der Waals surface area contributed by atoms with Crippen molar-refractivity contribution in [2.45, 2.75) is 78.4 Å². The molecule has 0 saturated carbocycles. The minimum absolute atomic E-state index is 0.195. The molecule has 22 heavy (non-hydrogen) atoms. The van der Waals surface area contributed by atoms with Gasteiger partial charge in [-0.25, -0.2) is 0 Å². The molecule has 0 aliphatic heterocycles. The molecule has 0 radical (unpaired) electrons. The average molecular weight is 350 g/mol. The first-order valence-corrected chi connectivity index (χ1v) is 13.7. The molecular formula is C16H39NO3Si2. The number of rotatable bonds is 11. The van der Waals surface area contributed by atoms with E-state index in [0.717, 1.165) is 19.0 Å². The summed E-state index contributed by atoms with van der Waals surface area (Å²) in [5.74, 6) is 0. The van der Waals surface area contributed by atoms with Crippen LogP contribution in [-0.4, -0.2) is 60.6 Å². The third-order valence-corrected chi connectivity index (χ3v) is 9.59. The third kappa shape index (κ3) is 8.22. The van der Waals surface area contributed by atoms with Crippen LogP contribution in [0.2, 0.25) is 19.1 Å². The molecular weight excluding hydrogens is 310 g/mol. The fraction of sp³-hybridized carbons (Fsp3) is 1.00. The molecule has 0 aromatic heterocycles. The maximum absolute atomic E-state index is 6.39. The maximum atomic E-state index is 6.39. The van der Waals surface area contributed by atoms with Crippen molar-refractivity contribution >= 4 is 17.6 Å². The predicted octanol–water partition coefficient (Wildman–Crippen LogP) is 3.55. The Morgan fingerprint density at radius 3 is 1.95 bits per heavy atom. The lowest BCUT2D eigenvalue weighted by atomic mass is 10.1. The fourth-order valence-corrected chi connectivity index (χ4v) is 6.41. The first kappa shape index (κ1) is 22.3. The number of hydrogen-bond acceptors (Lipinski definition) is 4. The van der Waals surface area contributed by atoms with E-state index in [4.69, 9.17) is 13.3 Å². The Morgan fingerprint density at radius 2 is 1.59 bits per heavy atom. The summed E-state index contributed by atoms with van der Waals surface area (Å²) in [6.07, 6.45) is 1.05. The van der Waals surface area contributed by atoms with Gasteiger partial charge in [-0.15, -0.1) is 0 Å². The largest absolute Gasteiger partial charge is 0.500 e. The van der Waals surface area contributed by atoms with Gasteiger partial charge in [0.2, 0.25) is 0 Å². The molecule has 0 fully saturated rings. The van der Waals surface area contributed by atoms with E-state index in [1.54, 1.807) is 0 Å². The summed E-state index contributed by atoms with van der Waals surface area (Å²) in [6, 6.07) is 0.903. The van der Waals surface area contributed by atoms with Gasteiger partial charge in [0, 0.05) is 30.5 Å². The molecule has 1 atom stereocenters. The SMILES string of the molecule is CCO[Si](CCCN(C)C(C)(C)C)(OCC)OC(C)[SiH](C)C. The van der Waals surface area contributed by atoms with Crippen molar-refractivity contribution in [1.29, 1.82) is 0 Å². The second-order valence-corrected chi connectivity index (χ2v) is 13.4. The molecule has 0 N–H and O–H groups in total. The summed E-state index contributed by atoms with van der Waals surface area (Å²) in [6.45, 7) is 20.0. The van der Waals surface area contributed by atoms with Crippen LogP contribution in [0.5, 0.6) is 0 Å². The normalized spacial score (nSPS) is 14.9. The summed E-state index contributed by atoms with van der Waals surface area (Å²) < 4.78 is 18.5. The summed E-state index contributed by atoms with van der Waals surface area (Å²) in [7, 11) is -1.22. The molecule has 1 unspecified atom stereocenters. The molecule has 0 aliphatic rings. The smallest absolute Gasteiger partial charge is 0.374 e. The fourth-order valence-electron chi connectivity index (χ4n) is 2.04. The lowest BCUT2D eigenvalue weighted by Crippen LogP contribution is -2.50. The third-order valence-electron chi connectivity index (χ3n) is 4.15. The lowest BCUT2D eigenvalue weighted by molar-refractivity contribution is 0.0570. The Morgan fingerprint density at radius 1 is 1.09 bits per heavy atom. The summed E-state index contributed by atoms with van der Waals surface area (Å²) >= 11 is 0. The van der Waals surface area contributed by atoms with E-state index in [9.17, 15) is 0 Å². The Hall–Kier alpha value is 0.274. The van der Waals surface area contributed by atoms with Crippen LogP contribution in [0.4, 0.5) is 0 Å². The maximum Gasteiger partial charge on any atom is 0.500 e. The van der Waals surface area contributed by atoms with E-state index in [1.807, 2.05) is 13.8 Å². The summed E-state index contributed by atoms with van der Waals surface area (Å²) in [5, 5.41) is 0. The van der Waals surface area contributed by atoms with Crippen molar-refractivity contribution in [3.8, 4) is 0 Å². The zero-order valence-electron chi connectivity index (χ0n) is 16.4. The van der Waals surface area contributed by atoms with Gasteiger partial charge in [0.25, 0.3) is 0 Å². The van der Waals surface area contributed by atoms with Crippen molar-refractivity contribution in [1.82, 2.24) is 4.90 Å². The van der Waals surface area contributed by atoms with Crippen LogP contribution < -0.4 is 0 Å². The van der Waals surface area contributed by atoms with Gasteiger partial charge in [-0.1, -0.05) is 13.1 Å². The van der Waals surface area contributed by atoms with Crippen molar-refractivity contribution in [2.24, 2.45) is 0 Å². The lowest BCUT2D eigenvalue weighted by Gasteiger charge is -2.35. The van der Waals surface area contributed by atoms with Gasteiger partial charge >= 0.3 is 8.80 Å². The average Bonchev–Trinajstić information content (AvgIpc) is 2.37. The van der Waals surface area contributed by atoms with Gasteiger partial charge in [0.1, 0.15) is 0 Å². The van der Waals surface area contributed by atoms with Gasteiger partial charge in [0.05, 0.1) is 8.80 Å². The topological polar surface area (TPSA) is 30.9 Å². The predicted molar refractivity (Wildman–Crippen MR) is 100 cm³/mol. The van der Waals surface area contributed by atoms with Gasteiger partial charge < -0.3 is 18.2 Å². The molecule has 0 aromatic carbocycles. The zero-order chi connectivity index (χ0) is 17.4. The van der Waals surface area contributed by atoms with Crippen LogP contribution in [-0.2, 0) is 13.3 Å². The highest BCUT2D eigenvalue weighted by Gasteiger charge is 2.42. The molecule has 0 amide bonds. The summed E-state index contributed by atoms with van der Waals surface area (Å²) in [4.78, 5) is 2.38. The van der Waals surface area contributed by atoms with Crippen molar-refractivity contribution in [2.75, 3.05) is 26.8 Å². The highest BCUT2D eigenvalue weighted by atomic mass is 28.4. The Labute approximate surface area is 141 Å². The Bertz CT molecular complexity index is 290. The molecule has 0 heterocycles. The van der Waals surface area contributed by atoms with Crippen LogP contribution in [0.1, 0.15) is 48.0 Å². The molecule has 0 spiro atoms. The van der Waals surface area contributed by atoms with E-state index in [1.165, 1.54) is 0 Å². The van der Waals surface area contributed by atoms with Crippen molar-refractivity contribution in [3.63, 3.8) is 0 Å². The number of nitrogens with zero attached hydrogens (tertiary/aromatic N) is 1. The van der Waals surface area contributed by atoms with E-state index < -0.39 is 17.6 Å². The molecule has 4 nitrogen and oxygen atoms in total. The second kappa shape index (κ2) is 10.2. The second-order valence-electron chi connectivity index (χ2n) is 7.31. The van der Waals surface area contributed by atoms with E-state index >= 15 is 0 Å². The monoisotopic (exact) mass is 349 g/mol. The van der Waals surface area contributed by atoms with E-state index in [2.05, 4.69) is 52.7 Å². The molecule has 134 valence electrons. The number of hydrogen-bond donors (Lipinski definition) is 0. The molecule has 0 saturated heterocycles. The quantitative estimate of drug-likeness (QED) is 0.534. The minimum Gasteiger partial charge on any atom is -0.374 e. The minimum atomic E-state index is -2.54. The Balaban J connectivity index is 4.77.